The third-order valence-electron chi connectivity index (χ3n) is 2.82. The zero-order valence-corrected chi connectivity index (χ0v) is 13.9. The van der Waals surface area contributed by atoms with Gasteiger partial charge in [-0.1, -0.05) is 17.7 Å². The van der Waals surface area contributed by atoms with Crippen LogP contribution in [-0.2, 0) is 22.2 Å². The summed E-state index contributed by atoms with van der Waals surface area (Å²) in [4.78, 5) is 4.09. The van der Waals surface area contributed by atoms with Crippen LogP contribution < -0.4 is 4.72 Å². The van der Waals surface area contributed by atoms with E-state index in [1.165, 1.54) is 23.5 Å². The first-order valence-corrected chi connectivity index (χ1v) is 8.83. The molecule has 114 valence electrons. The normalized spacial score (nSPS) is 12.6. The van der Waals surface area contributed by atoms with Crippen LogP contribution in [0.1, 0.15) is 24.4 Å². The van der Waals surface area contributed by atoms with Crippen LogP contribution >= 0.6 is 22.9 Å². The molecule has 2 N–H and O–H groups in total. The van der Waals surface area contributed by atoms with E-state index >= 15 is 0 Å². The van der Waals surface area contributed by atoms with Crippen LogP contribution in [0, 0.1) is 0 Å². The van der Waals surface area contributed by atoms with Crippen LogP contribution in [-0.4, -0.2) is 18.5 Å². The van der Waals surface area contributed by atoms with Gasteiger partial charge in [0.1, 0.15) is 9.90 Å². The Labute approximate surface area is 132 Å². The minimum atomic E-state index is -3.83. The molecule has 0 bridgehead atoms. The SMILES string of the molecule is CC(C)(NS(=O)(=O)c1cc(CO)ccc1Cl)c1nccs1. The van der Waals surface area contributed by atoms with Crippen LogP contribution in [0.15, 0.2) is 34.7 Å². The van der Waals surface area contributed by atoms with Crippen molar-refractivity contribution in [3.63, 3.8) is 0 Å². The minimum absolute atomic E-state index is 0.0552. The highest BCUT2D eigenvalue weighted by atomic mass is 35.5. The van der Waals surface area contributed by atoms with Crippen molar-refractivity contribution in [2.24, 2.45) is 0 Å². The topological polar surface area (TPSA) is 79.3 Å². The second kappa shape index (κ2) is 6.02. The zero-order chi connectivity index (χ0) is 15.7. The van der Waals surface area contributed by atoms with Gasteiger partial charge in [-0.05, 0) is 31.5 Å². The number of halogens is 1. The molecular weight excluding hydrogens is 332 g/mol. The molecule has 0 saturated carbocycles. The Morgan fingerprint density at radius 2 is 2.14 bits per heavy atom. The number of hydrogen-bond donors (Lipinski definition) is 2. The summed E-state index contributed by atoms with van der Waals surface area (Å²) in [5.74, 6) is 0. The summed E-state index contributed by atoms with van der Waals surface area (Å²) in [6.45, 7) is 3.20. The molecule has 0 fully saturated rings. The highest BCUT2D eigenvalue weighted by Crippen LogP contribution is 2.28. The maximum atomic E-state index is 12.5. The fraction of sp³-hybridized carbons (Fsp3) is 0.308. The molecule has 0 unspecified atom stereocenters. The first-order valence-electron chi connectivity index (χ1n) is 6.09. The molecule has 0 atom stereocenters. The van der Waals surface area contributed by atoms with Crippen LogP contribution in [0.3, 0.4) is 0 Å². The highest BCUT2D eigenvalue weighted by Gasteiger charge is 2.31. The van der Waals surface area contributed by atoms with Crippen LogP contribution in [0.25, 0.3) is 0 Å². The Morgan fingerprint density at radius 3 is 2.71 bits per heavy atom. The fourth-order valence-electron chi connectivity index (χ4n) is 1.82. The van der Waals surface area contributed by atoms with Crippen molar-refractivity contribution in [2.75, 3.05) is 0 Å². The van der Waals surface area contributed by atoms with Gasteiger partial charge in [0, 0.05) is 11.6 Å². The van der Waals surface area contributed by atoms with E-state index < -0.39 is 15.6 Å². The number of aromatic nitrogens is 1. The lowest BCUT2D eigenvalue weighted by Gasteiger charge is -2.24. The molecule has 5 nitrogen and oxygen atoms in total. The largest absolute Gasteiger partial charge is 0.392 e. The molecule has 0 aliphatic heterocycles. The monoisotopic (exact) mass is 346 g/mol. The fourth-order valence-corrected chi connectivity index (χ4v) is 4.53. The van der Waals surface area contributed by atoms with Crippen molar-refractivity contribution >= 4 is 33.0 Å². The summed E-state index contributed by atoms with van der Waals surface area (Å²) in [7, 11) is -3.83. The Morgan fingerprint density at radius 1 is 1.43 bits per heavy atom. The van der Waals surface area contributed by atoms with Crippen LogP contribution in [0.4, 0.5) is 0 Å². The van der Waals surface area contributed by atoms with Crippen molar-refractivity contribution < 1.29 is 13.5 Å². The van der Waals surface area contributed by atoms with Gasteiger partial charge in [-0.15, -0.1) is 11.3 Å². The second-order valence-corrected chi connectivity index (χ2v) is 7.94. The first-order chi connectivity index (χ1) is 9.76. The van der Waals surface area contributed by atoms with Crippen molar-refractivity contribution in [3.8, 4) is 0 Å². The molecule has 0 aliphatic rings. The van der Waals surface area contributed by atoms with E-state index in [2.05, 4.69) is 9.71 Å². The minimum Gasteiger partial charge on any atom is -0.392 e. The van der Waals surface area contributed by atoms with Gasteiger partial charge >= 0.3 is 0 Å². The summed E-state index contributed by atoms with van der Waals surface area (Å²) in [5, 5.41) is 11.7. The van der Waals surface area contributed by atoms with Gasteiger partial charge in [-0.2, -0.15) is 4.72 Å². The number of benzene rings is 1. The maximum Gasteiger partial charge on any atom is 0.242 e. The lowest BCUT2D eigenvalue weighted by molar-refractivity contribution is 0.281. The molecule has 0 radical (unpaired) electrons. The van der Waals surface area contributed by atoms with Gasteiger partial charge in [0.15, 0.2) is 0 Å². The van der Waals surface area contributed by atoms with E-state index in [4.69, 9.17) is 16.7 Å². The Bertz CT molecular complexity index is 728. The van der Waals surface area contributed by atoms with E-state index in [1.807, 2.05) is 0 Å². The van der Waals surface area contributed by atoms with Crippen molar-refractivity contribution in [2.45, 2.75) is 30.9 Å². The molecule has 0 aliphatic carbocycles. The number of aliphatic hydroxyl groups excluding tert-OH is 1. The molecule has 1 aromatic heterocycles. The Hall–Kier alpha value is -0.990. The molecule has 1 aromatic carbocycles. The number of nitrogens with zero attached hydrogens (tertiary/aromatic N) is 1. The summed E-state index contributed by atoms with van der Waals surface area (Å²) in [6, 6.07) is 4.40. The first kappa shape index (κ1) is 16.4. The van der Waals surface area contributed by atoms with Gasteiger partial charge in [0.05, 0.1) is 17.2 Å². The van der Waals surface area contributed by atoms with Gasteiger partial charge in [0.25, 0.3) is 0 Å². The van der Waals surface area contributed by atoms with E-state index in [0.717, 1.165) is 0 Å². The smallest absolute Gasteiger partial charge is 0.242 e. The van der Waals surface area contributed by atoms with Crippen molar-refractivity contribution in [1.29, 1.82) is 0 Å². The average molecular weight is 347 g/mol. The quantitative estimate of drug-likeness (QED) is 0.871. The van der Waals surface area contributed by atoms with E-state index in [0.29, 0.717) is 10.6 Å². The third-order valence-corrected chi connectivity index (χ3v) is 6.06. The number of hydrogen-bond acceptors (Lipinski definition) is 5. The number of sulfonamides is 1. The van der Waals surface area contributed by atoms with Crippen LogP contribution in [0.2, 0.25) is 5.02 Å². The summed E-state index contributed by atoms with van der Waals surface area (Å²) in [6.07, 6.45) is 1.62. The second-order valence-electron chi connectivity index (χ2n) is 4.99. The van der Waals surface area contributed by atoms with Crippen molar-refractivity contribution in [1.82, 2.24) is 9.71 Å². The average Bonchev–Trinajstić information content (AvgIpc) is 2.92. The highest BCUT2D eigenvalue weighted by molar-refractivity contribution is 7.89. The van der Waals surface area contributed by atoms with Gasteiger partial charge in [0.2, 0.25) is 10.0 Å². The summed E-state index contributed by atoms with van der Waals surface area (Å²) in [5.41, 5.74) is -0.377. The molecular formula is C13H15ClN2O3S2. The molecule has 0 amide bonds. The molecule has 21 heavy (non-hydrogen) atoms. The molecule has 2 rings (SSSR count). The predicted molar refractivity (Wildman–Crippen MR) is 82.8 cm³/mol. The van der Waals surface area contributed by atoms with E-state index in [-0.39, 0.29) is 16.5 Å². The molecule has 1 heterocycles. The van der Waals surface area contributed by atoms with Gasteiger partial charge in [-0.3, -0.25) is 0 Å². The predicted octanol–water partition coefficient (Wildman–Crippen LogP) is 2.50. The zero-order valence-electron chi connectivity index (χ0n) is 11.5. The maximum absolute atomic E-state index is 12.5. The van der Waals surface area contributed by atoms with Gasteiger partial charge < -0.3 is 5.11 Å². The lowest BCUT2D eigenvalue weighted by atomic mass is 10.1. The van der Waals surface area contributed by atoms with E-state index in [1.54, 1.807) is 31.5 Å². The number of rotatable bonds is 5. The number of thiazole rings is 1. The number of aliphatic hydroxyl groups is 1. The molecule has 0 saturated heterocycles. The molecule has 2 aromatic rings. The number of nitrogens with one attached hydrogen (secondary N) is 1. The van der Waals surface area contributed by atoms with Gasteiger partial charge in [-0.25, -0.2) is 13.4 Å². The molecule has 0 spiro atoms. The van der Waals surface area contributed by atoms with Crippen molar-refractivity contribution in [3.05, 3.63) is 45.4 Å². The van der Waals surface area contributed by atoms with Crippen LogP contribution in [0.5, 0.6) is 0 Å². The van der Waals surface area contributed by atoms with E-state index in [9.17, 15) is 8.42 Å². The molecule has 8 heteroatoms. The lowest BCUT2D eigenvalue weighted by Crippen LogP contribution is -2.40. The standard InChI is InChI=1S/C13H15ClN2O3S2/c1-13(2,12-15-5-6-20-12)16-21(18,19)11-7-9(8-17)3-4-10(11)14/h3-7,16-17H,8H2,1-2H3. The summed E-state index contributed by atoms with van der Waals surface area (Å²) >= 11 is 7.34. The summed E-state index contributed by atoms with van der Waals surface area (Å²) < 4.78 is 27.7. The Balaban J connectivity index is 2.39. The third kappa shape index (κ3) is 3.61. The Kier molecular flexibility index (Phi) is 4.69.